The van der Waals surface area contributed by atoms with E-state index in [2.05, 4.69) is 34.2 Å². The van der Waals surface area contributed by atoms with Crippen molar-refractivity contribution in [3.05, 3.63) is 23.9 Å². The minimum Gasteiger partial charge on any atom is -0.483 e. The Kier molecular flexibility index (Phi) is 8.47. The highest BCUT2D eigenvalue weighted by Crippen LogP contribution is 2.15. The predicted octanol–water partition coefficient (Wildman–Crippen LogP) is 1.07. The number of anilines is 1. The predicted molar refractivity (Wildman–Crippen MR) is 105 cm³/mol. The normalized spacial score (nSPS) is 21.1. The van der Waals surface area contributed by atoms with Crippen molar-refractivity contribution in [3.8, 4) is 0 Å². The van der Waals surface area contributed by atoms with Crippen LogP contribution in [-0.4, -0.2) is 96.6 Å². The number of nitrogens with zero attached hydrogens (tertiary/aromatic N) is 4. The van der Waals surface area contributed by atoms with Crippen LogP contribution in [0.5, 0.6) is 0 Å². The van der Waals surface area contributed by atoms with E-state index in [9.17, 15) is 4.79 Å². The fourth-order valence-corrected chi connectivity index (χ4v) is 3.48. The van der Waals surface area contributed by atoms with Crippen molar-refractivity contribution < 1.29 is 14.7 Å². The Morgan fingerprint density at radius 1 is 1.26 bits per heavy atom. The first kappa shape index (κ1) is 21.1. The van der Waals surface area contributed by atoms with Gasteiger partial charge >= 0.3 is 0 Å². The highest BCUT2D eigenvalue weighted by atomic mass is 16.3. The first-order valence-electron chi connectivity index (χ1n) is 9.51. The number of carbonyl (C=O) groups excluding carboxylic acids is 1. The van der Waals surface area contributed by atoms with Gasteiger partial charge in [0.25, 0.3) is 12.4 Å². The summed E-state index contributed by atoms with van der Waals surface area (Å²) in [4.78, 5) is 32.1. The molecule has 1 aromatic heterocycles. The van der Waals surface area contributed by atoms with E-state index in [1.807, 2.05) is 17.0 Å². The largest absolute Gasteiger partial charge is 0.483 e. The first-order valence-corrected chi connectivity index (χ1v) is 9.51. The molecule has 2 aliphatic heterocycles. The smallest absolute Gasteiger partial charge is 0.290 e. The molecule has 0 saturated carbocycles. The zero-order valence-electron chi connectivity index (χ0n) is 16.3. The van der Waals surface area contributed by atoms with E-state index in [-0.39, 0.29) is 12.4 Å². The standard InChI is InChI=1S/C18H29N5O.CH2O2/c1-21-10-11-22(2)16(14-21)13-20-17-12-15(6-7-19-17)18(24)23-8-4-3-5-9-23;2-1-3/h6-7,12,16H,3-5,8-11,13-14H2,1-2H3,(H,19,20);1H,(H,2,3). The second kappa shape index (κ2) is 10.8. The molecule has 8 heteroatoms. The van der Waals surface area contributed by atoms with Gasteiger partial charge in [-0.1, -0.05) is 0 Å². The van der Waals surface area contributed by atoms with E-state index in [1.54, 1.807) is 6.20 Å². The lowest BCUT2D eigenvalue weighted by atomic mass is 10.1. The van der Waals surface area contributed by atoms with Gasteiger partial charge in [-0.25, -0.2) is 4.98 Å². The molecule has 8 nitrogen and oxygen atoms in total. The average molecular weight is 377 g/mol. The molecule has 0 bridgehead atoms. The Morgan fingerprint density at radius 2 is 1.96 bits per heavy atom. The third-order valence-electron chi connectivity index (χ3n) is 5.15. The van der Waals surface area contributed by atoms with Crippen LogP contribution in [0, 0.1) is 0 Å². The van der Waals surface area contributed by atoms with Crippen LogP contribution >= 0.6 is 0 Å². The Bertz CT molecular complexity index is 607. The summed E-state index contributed by atoms with van der Waals surface area (Å²) in [6.45, 7) is 5.60. The van der Waals surface area contributed by atoms with Crippen LogP contribution < -0.4 is 5.32 Å². The number of piperazine rings is 1. The highest BCUT2D eigenvalue weighted by molar-refractivity contribution is 5.94. The molecule has 0 spiro atoms. The summed E-state index contributed by atoms with van der Waals surface area (Å²) in [6, 6.07) is 4.18. The van der Waals surface area contributed by atoms with Gasteiger partial charge in [0.05, 0.1) is 0 Å². The number of piperidine rings is 1. The molecule has 2 fully saturated rings. The van der Waals surface area contributed by atoms with Crippen molar-refractivity contribution in [1.29, 1.82) is 0 Å². The van der Waals surface area contributed by atoms with Crippen LogP contribution in [0.4, 0.5) is 5.82 Å². The maximum absolute atomic E-state index is 12.6. The maximum atomic E-state index is 12.6. The SMILES string of the molecule is CN1CCN(C)C(CNc2cc(C(=O)N3CCCCC3)ccn2)C1.O=CO. The molecule has 0 aliphatic carbocycles. The van der Waals surface area contributed by atoms with E-state index < -0.39 is 0 Å². The molecule has 2 aliphatic rings. The molecule has 1 atom stereocenters. The molecule has 1 aromatic rings. The van der Waals surface area contributed by atoms with Gasteiger partial charge in [0.1, 0.15) is 5.82 Å². The van der Waals surface area contributed by atoms with Gasteiger partial charge in [0.2, 0.25) is 0 Å². The van der Waals surface area contributed by atoms with Crippen molar-refractivity contribution in [1.82, 2.24) is 19.7 Å². The van der Waals surface area contributed by atoms with Gasteiger partial charge in [0.15, 0.2) is 0 Å². The number of aromatic nitrogens is 1. The van der Waals surface area contributed by atoms with Crippen molar-refractivity contribution in [2.45, 2.75) is 25.3 Å². The Labute approximate surface area is 161 Å². The molecule has 150 valence electrons. The lowest BCUT2D eigenvalue weighted by Gasteiger charge is -2.37. The number of carboxylic acid groups (broad SMARTS) is 1. The van der Waals surface area contributed by atoms with E-state index in [4.69, 9.17) is 9.90 Å². The second-order valence-electron chi connectivity index (χ2n) is 7.17. The Hall–Kier alpha value is -2.19. The van der Waals surface area contributed by atoms with E-state index in [1.165, 1.54) is 6.42 Å². The lowest BCUT2D eigenvalue weighted by Crippen LogP contribution is -2.52. The molecule has 3 heterocycles. The van der Waals surface area contributed by atoms with Crippen LogP contribution in [0.25, 0.3) is 0 Å². The van der Waals surface area contributed by atoms with E-state index in [0.29, 0.717) is 6.04 Å². The van der Waals surface area contributed by atoms with Crippen molar-refractivity contribution in [3.63, 3.8) is 0 Å². The Morgan fingerprint density at radius 3 is 2.67 bits per heavy atom. The summed E-state index contributed by atoms with van der Waals surface area (Å²) in [6.07, 6.45) is 5.19. The summed E-state index contributed by atoms with van der Waals surface area (Å²) >= 11 is 0. The Balaban J connectivity index is 0.000000817. The zero-order chi connectivity index (χ0) is 19.6. The van der Waals surface area contributed by atoms with Gasteiger partial charge in [-0.05, 0) is 45.5 Å². The molecule has 3 rings (SSSR count). The minimum absolute atomic E-state index is 0.134. The summed E-state index contributed by atoms with van der Waals surface area (Å²) in [5.41, 5.74) is 0.739. The zero-order valence-corrected chi connectivity index (χ0v) is 16.3. The van der Waals surface area contributed by atoms with Gasteiger partial charge in [-0.15, -0.1) is 0 Å². The fraction of sp³-hybridized carbons (Fsp3) is 0.632. The molecule has 1 unspecified atom stereocenters. The van der Waals surface area contributed by atoms with Crippen LogP contribution in [0.2, 0.25) is 0 Å². The number of nitrogens with one attached hydrogen (secondary N) is 1. The second-order valence-corrected chi connectivity index (χ2v) is 7.17. The summed E-state index contributed by atoms with van der Waals surface area (Å²) in [5, 5.41) is 10.3. The molecular weight excluding hydrogens is 346 g/mol. The first-order chi connectivity index (χ1) is 13.0. The number of likely N-dealkylation sites (N-methyl/N-ethyl adjacent to an activating group) is 2. The van der Waals surface area contributed by atoms with E-state index in [0.717, 1.165) is 63.5 Å². The number of rotatable bonds is 4. The third-order valence-corrected chi connectivity index (χ3v) is 5.15. The van der Waals surface area contributed by atoms with Gasteiger partial charge in [-0.2, -0.15) is 0 Å². The third kappa shape index (κ3) is 6.48. The molecule has 27 heavy (non-hydrogen) atoms. The highest BCUT2D eigenvalue weighted by Gasteiger charge is 2.22. The van der Waals surface area contributed by atoms with E-state index >= 15 is 0 Å². The van der Waals surface area contributed by atoms with Crippen LogP contribution in [0.3, 0.4) is 0 Å². The van der Waals surface area contributed by atoms with Crippen molar-refractivity contribution >= 4 is 18.2 Å². The minimum atomic E-state index is -0.250. The fourth-order valence-electron chi connectivity index (χ4n) is 3.48. The molecule has 1 amide bonds. The quantitative estimate of drug-likeness (QED) is 0.759. The monoisotopic (exact) mass is 377 g/mol. The van der Waals surface area contributed by atoms with Crippen molar-refractivity contribution in [2.24, 2.45) is 0 Å². The summed E-state index contributed by atoms with van der Waals surface area (Å²) < 4.78 is 0. The molecular formula is C19H31N5O3. The van der Waals surface area contributed by atoms with Gasteiger partial charge in [0, 0.05) is 57.1 Å². The number of carbonyl (C=O) groups is 2. The number of likely N-dealkylation sites (tertiary alicyclic amines) is 1. The molecule has 2 saturated heterocycles. The van der Waals surface area contributed by atoms with Gasteiger partial charge in [-0.3, -0.25) is 14.5 Å². The number of hydrogen-bond donors (Lipinski definition) is 2. The number of hydrogen-bond acceptors (Lipinski definition) is 6. The van der Waals surface area contributed by atoms with Crippen LogP contribution in [0.15, 0.2) is 18.3 Å². The van der Waals surface area contributed by atoms with Crippen LogP contribution in [0.1, 0.15) is 29.6 Å². The average Bonchev–Trinajstić information content (AvgIpc) is 2.69. The summed E-state index contributed by atoms with van der Waals surface area (Å²) in [7, 11) is 4.33. The topological polar surface area (TPSA) is 89.0 Å². The summed E-state index contributed by atoms with van der Waals surface area (Å²) in [5.74, 6) is 0.925. The van der Waals surface area contributed by atoms with Gasteiger partial charge < -0.3 is 20.2 Å². The lowest BCUT2D eigenvalue weighted by molar-refractivity contribution is -0.122. The molecule has 0 radical (unpaired) electrons. The molecule has 2 N–H and O–H groups in total. The van der Waals surface area contributed by atoms with Crippen molar-refractivity contribution in [2.75, 3.05) is 58.7 Å². The molecule has 0 aromatic carbocycles. The van der Waals surface area contributed by atoms with Crippen LogP contribution in [-0.2, 0) is 4.79 Å². The maximum Gasteiger partial charge on any atom is 0.290 e. The number of amides is 1. The number of pyridine rings is 1.